The molecule has 0 atom stereocenters. The van der Waals surface area contributed by atoms with Crippen LogP contribution >= 0.6 is 24.0 Å². The number of nitrogens with one attached hydrogen (secondary N) is 2. The first kappa shape index (κ1) is 23.7. The Hall–Kier alpha value is -2.55. The fourth-order valence-electron chi connectivity index (χ4n) is 3.20. The van der Waals surface area contributed by atoms with Crippen LogP contribution in [0.25, 0.3) is 5.69 Å². The number of nitrogens with zero attached hydrogens (tertiary/aromatic N) is 3. The van der Waals surface area contributed by atoms with Crippen molar-refractivity contribution in [2.24, 2.45) is 4.99 Å². The van der Waals surface area contributed by atoms with E-state index < -0.39 is 0 Å². The number of guanidine groups is 1. The fraction of sp³-hybridized carbons (Fsp3) is 0.304. The van der Waals surface area contributed by atoms with Crippen LogP contribution < -0.4 is 15.4 Å². The summed E-state index contributed by atoms with van der Waals surface area (Å²) in [6.07, 6.45) is 0. The fourth-order valence-corrected chi connectivity index (χ4v) is 3.20. The number of benzene rings is 2. The van der Waals surface area contributed by atoms with Gasteiger partial charge in [-0.25, -0.2) is 9.67 Å². The maximum Gasteiger partial charge on any atom is 0.191 e. The number of ether oxygens (including phenoxy) is 1. The highest BCUT2D eigenvalue weighted by atomic mass is 127. The van der Waals surface area contributed by atoms with E-state index in [1.165, 1.54) is 0 Å². The zero-order chi connectivity index (χ0) is 20.6. The van der Waals surface area contributed by atoms with E-state index in [9.17, 15) is 0 Å². The van der Waals surface area contributed by atoms with Crippen LogP contribution in [0.5, 0.6) is 5.75 Å². The van der Waals surface area contributed by atoms with Crippen molar-refractivity contribution < 1.29 is 4.74 Å². The summed E-state index contributed by atoms with van der Waals surface area (Å²) >= 11 is 0. The Morgan fingerprint density at radius 3 is 2.57 bits per heavy atom. The molecule has 0 aliphatic carbocycles. The molecule has 160 valence electrons. The number of hydrogen-bond donors (Lipinski definition) is 2. The molecule has 0 unspecified atom stereocenters. The van der Waals surface area contributed by atoms with Gasteiger partial charge in [0.05, 0.1) is 25.0 Å². The number of aliphatic imine (C=N–C) groups is 1. The molecule has 0 fully saturated rings. The van der Waals surface area contributed by atoms with E-state index >= 15 is 0 Å². The predicted octanol–water partition coefficient (Wildman–Crippen LogP) is 4.37. The molecule has 0 bridgehead atoms. The van der Waals surface area contributed by atoms with Crippen LogP contribution in [-0.4, -0.2) is 29.4 Å². The predicted molar refractivity (Wildman–Crippen MR) is 133 cm³/mol. The van der Waals surface area contributed by atoms with Crippen LogP contribution in [0.3, 0.4) is 0 Å². The lowest BCUT2D eigenvalue weighted by Crippen LogP contribution is -2.37. The lowest BCUT2D eigenvalue weighted by molar-refractivity contribution is 0.414. The van der Waals surface area contributed by atoms with E-state index in [2.05, 4.69) is 47.8 Å². The molecule has 3 aromatic rings. The lowest BCUT2D eigenvalue weighted by atomic mass is 10.1. The van der Waals surface area contributed by atoms with E-state index in [4.69, 9.17) is 9.73 Å². The third-order valence-electron chi connectivity index (χ3n) is 4.57. The van der Waals surface area contributed by atoms with E-state index in [-0.39, 0.29) is 24.0 Å². The van der Waals surface area contributed by atoms with E-state index in [0.717, 1.165) is 46.5 Å². The van der Waals surface area contributed by atoms with Gasteiger partial charge in [-0.05, 0) is 56.2 Å². The van der Waals surface area contributed by atoms with Gasteiger partial charge in [-0.1, -0.05) is 30.3 Å². The van der Waals surface area contributed by atoms with Crippen molar-refractivity contribution in [3.63, 3.8) is 0 Å². The molecule has 2 N–H and O–H groups in total. The van der Waals surface area contributed by atoms with Gasteiger partial charge in [0, 0.05) is 18.8 Å². The van der Waals surface area contributed by atoms with Crippen molar-refractivity contribution in [2.75, 3.05) is 13.7 Å². The average molecular weight is 519 g/mol. The molecule has 0 spiro atoms. The largest absolute Gasteiger partial charge is 0.497 e. The Morgan fingerprint density at radius 1 is 1.07 bits per heavy atom. The smallest absolute Gasteiger partial charge is 0.191 e. The maximum atomic E-state index is 5.29. The maximum absolute atomic E-state index is 5.29. The van der Waals surface area contributed by atoms with Gasteiger partial charge in [-0.3, -0.25) is 0 Å². The van der Waals surface area contributed by atoms with Gasteiger partial charge in [0.1, 0.15) is 5.75 Å². The van der Waals surface area contributed by atoms with Crippen LogP contribution in [0.2, 0.25) is 0 Å². The van der Waals surface area contributed by atoms with Crippen molar-refractivity contribution >= 4 is 29.9 Å². The van der Waals surface area contributed by atoms with E-state index in [0.29, 0.717) is 13.1 Å². The SMILES string of the molecule is CCNC(=NCc1cccc(OC)c1)NCc1ccccc1-n1nc(C)cc1C.I. The second-order valence-corrected chi connectivity index (χ2v) is 6.87. The zero-order valence-electron chi connectivity index (χ0n) is 18.0. The van der Waals surface area contributed by atoms with Gasteiger partial charge in [-0.2, -0.15) is 5.10 Å². The highest BCUT2D eigenvalue weighted by Gasteiger charge is 2.09. The van der Waals surface area contributed by atoms with Crippen molar-refractivity contribution in [1.29, 1.82) is 0 Å². The Bertz CT molecular complexity index is 983. The molecule has 3 rings (SSSR count). The molecule has 0 saturated heterocycles. The van der Waals surface area contributed by atoms with E-state index in [1.807, 2.05) is 48.0 Å². The van der Waals surface area contributed by atoms with Gasteiger partial charge in [0.25, 0.3) is 0 Å². The standard InChI is InChI=1S/C23H29N5O.HI/c1-5-24-23(25-15-19-9-8-11-21(14-19)29-4)26-16-20-10-6-7-12-22(20)28-18(3)13-17(2)27-28;/h6-14H,5,15-16H2,1-4H3,(H2,24,25,26);1H. The second-order valence-electron chi connectivity index (χ2n) is 6.87. The van der Waals surface area contributed by atoms with Gasteiger partial charge < -0.3 is 15.4 Å². The highest BCUT2D eigenvalue weighted by Crippen LogP contribution is 2.17. The first-order valence-electron chi connectivity index (χ1n) is 9.87. The Morgan fingerprint density at radius 2 is 1.87 bits per heavy atom. The lowest BCUT2D eigenvalue weighted by Gasteiger charge is -2.15. The zero-order valence-corrected chi connectivity index (χ0v) is 20.3. The van der Waals surface area contributed by atoms with Crippen molar-refractivity contribution in [2.45, 2.75) is 33.9 Å². The van der Waals surface area contributed by atoms with E-state index in [1.54, 1.807) is 7.11 Å². The van der Waals surface area contributed by atoms with Crippen LogP contribution in [0, 0.1) is 13.8 Å². The molecule has 0 aliphatic rings. The Balaban J connectivity index is 0.00000320. The van der Waals surface area contributed by atoms with Crippen molar-refractivity contribution in [3.05, 3.63) is 77.1 Å². The molecule has 7 heteroatoms. The van der Waals surface area contributed by atoms with Crippen LogP contribution in [0.15, 0.2) is 59.6 Å². The van der Waals surface area contributed by atoms with Crippen molar-refractivity contribution in [3.8, 4) is 11.4 Å². The van der Waals surface area contributed by atoms with Crippen LogP contribution in [0.4, 0.5) is 0 Å². The minimum absolute atomic E-state index is 0. The molecule has 0 saturated carbocycles. The normalized spacial score (nSPS) is 11.0. The number of hydrogen-bond acceptors (Lipinski definition) is 3. The molecule has 0 aliphatic heterocycles. The highest BCUT2D eigenvalue weighted by molar-refractivity contribution is 14.0. The number of halogens is 1. The molecule has 1 heterocycles. The second kappa shape index (κ2) is 11.6. The van der Waals surface area contributed by atoms with Crippen molar-refractivity contribution in [1.82, 2.24) is 20.4 Å². The average Bonchev–Trinajstić information content (AvgIpc) is 3.08. The molecule has 1 aromatic heterocycles. The third kappa shape index (κ3) is 6.22. The quantitative estimate of drug-likeness (QED) is 0.277. The molecule has 6 nitrogen and oxygen atoms in total. The first-order chi connectivity index (χ1) is 14.1. The molecular formula is C23H30IN5O. The number of aryl methyl sites for hydroxylation is 2. The first-order valence-corrected chi connectivity index (χ1v) is 9.87. The number of para-hydroxylation sites is 1. The molecule has 2 aromatic carbocycles. The minimum atomic E-state index is 0. The van der Waals surface area contributed by atoms with Gasteiger partial charge in [-0.15, -0.1) is 24.0 Å². The number of rotatable bonds is 7. The molecular weight excluding hydrogens is 489 g/mol. The van der Waals surface area contributed by atoms with Gasteiger partial charge >= 0.3 is 0 Å². The minimum Gasteiger partial charge on any atom is -0.497 e. The Kier molecular flexibility index (Phi) is 9.16. The summed E-state index contributed by atoms with van der Waals surface area (Å²) in [5, 5.41) is 11.4. The van der Waals surface area contributed by atoms with Crippen LogP contribution in [-0.2, 0) is 13.1 Å². The van der Waals surface area contributed by atoms with Crippen LogP contribution in [0.1, 0.15) is 29.4 Å². The van der Waals surface area contributed by atoms with Gasteiger partial charge in [0.2, 0.25) is 0 Å². The number of methoxy groups -OCH3 is 1. The topological polar surface area (TPSA) is 63.5 Å². The monoisotopic (exact) mass is 519 g/mol. The molecule has 0 radical (unpaired) electrons. The summed E-state index contributed by atoms with van der Waals surface area (Å²) in [6.45, 7) is 8.17. The third-order valence-corrected chi connectivity index (χ3v) is 4.57. The Labute approximate surface area is 195 Å². The summed E-state index contributed by atoms with van der Waals surface area (Å²) in [5.74, 6) is 1.62. The summed E-state index contributed by atoms with van der Waals surface area (Å²) in [4.78, 5) is 4.71. The summed E-state index contributed by atoms with van der Waals surface area (Å²) in [5.41, 5.74) is 5.47. The van der Waals surface area contributed by atoms with Gasteiger partial charge in [0.15, 0.2) is 5.96 Å². The summed E-state index contributed by atoms with van der Waals surface area (Å²) in [7, 11) is 1.67. The number of aromatic nitrogens is 2. The molecule has 30 heavy (non-hydrogen) atoms. The molecule has 0 amide bonds. The summed E-state index contributed by atoms with van der Waals surface area (Å²) in [6, 6.07) is 18.4. The summed E-state index contributed by atoms with van der Waals surface area (Å²) < 4.78 is 7.29.